The maximum absolute atomic E-state index is 3.73. The number of piperazine rings is 1. The molecule has 0 amide bonds. The molecule has 1 saturated heterocycles. The van der Waals surface area contributed by atoms with E-state index >= 15 is 0 Å². The zero-order chi connectivity index (χ0) is 17.3. The van der Waals surface area contributed by atoms with Crippen molar-refractivity contribution in [2.45, 2.75) is 12.1 Å². The average Bonchev–Trinajstić information content (AvgIpc) is 2.73. The van der Waals surface area contributed by atoms with Crippen LogP contribution in [0.15, 0.2) is 84.9 Å². The summed E-state index contributed by atoms with van der Waals surface area (Å²) < 4.78 is 0. The topological polar surface area (TPSA) is 24.1 Å². The molecule has 2 N–H and O–H groups in total. The lowest BCUT2D eigenvalue weighted by Gasteiger charge is -2.34. The van der Waals surface area contributed by atoms with Gasteiger partial charge in [0, 0.05) is 13.1 Å². The zero-order valence-electron chi connectivity index (χ0n) is 14.7. The Kier molecular flexibility index (Phi) is 3.93. The highest BCUT2D eigenvalue weighted by molar-refractivity contribution is 5.84. The Balaban J connectivity index is 1.56. The molecule has 26 heavy (non-hydrogen) atoms. The molecule has 0 aliphatic carbocycles. The normalized spacial score (nSPS) is 20.5. The number of hydrogen-bond acceptors (Lipinski definition) is 2. The van der Waals surface area contributed by atoms with E-state index in [9.17, 15) is 0 Å². The summed E-state index contributed by atoms with van der Waals surface area (Å²) in [5.41, 5.74) is 2.68. The van der Waals surface area contributed by atoms with Crippen LogP contribution in [-0.2, 0) is 0 Å². The van der Waals surface area contributed by atoms with E-state index in [-0.39, 0.29) is 12.1 Å². The minimum atomic E-state index is 0.273. The number of hydrogen-bond donors (Lipinski definition) is 2. The Bertz CT molecular complexity index is 982. The van der Waals surface area contributed by atoms with Crippen LogP contribution in [0.2, 0.25) is 0 Å². The minimum Gasteiger partial charge on any atom is -0.307 e. The van der Waals surface area contributed by atoms with Gasteiger partial charge >= 0.3 is 0 Å². The molecular weight excluding hydrogens is 316 g/mol. The van der Waals surface area contributed by atoms with Gasteiger partial charge in [-0.15, -0.1) is 0 Å². The predicted molar refractivity (Wildman–Crippen MR) is 109 cm³/mol. The fraction of sp³-hybridized carbons (Fsp3) is 0.167. The van der Waals surface area contributed by atoms with E-state index in [4.69, 9.17) is 0 Å². The van der Waals surface area contributed by atoms with Crippen LogP contribution in [0.5, 0.6) is 0 Å². The quantitative estimate of drug-likeness (QED) is 0.539. The maximum Gasteiger partial charge on any atom is 0.0518 e. The highest BCUT2D eigenvalue weighted by Crippen LogP contribution is 2.33. The lowest BCUT2D eigenvalue weighted by atomic mass is 9.89. The molecule has 128 valence electrons. The van der Waals surface area contributed by atoms with Gasteiger partial charge in [0.25, 0.3) is 0 Å². The van der Waals surface area contributed by atoms with Gasteiger partial charge in [0.05, 0.1) is 12.1 Å². The molecule has 0 saturated carbocycles. The van der Waals surface area contributed by atoms with Crippen molar-refractivity contribution in [2.24, 2.45) is 0 Å². The third-order valence-electron chi connectivity index (χ3n) is 5.45. The molecule has 2 nitrogen and oxygen atoms in total. The highest BCUT2D eigenvalue weighted by Gasteiger charge is 2.27. The van der Waals surface area contributed by atoms with Gasteiger partial charge < -0.3 is 10.6 Å². The predicted octanol–water partition coefficient (Wildman–Crippen LogP) is 4.97. The molecule has 1 aliphatic heterocycles. The fourth-order valence-electron chi connectivity index (χ4n) is 4.11. The van der Waals surface area contributed by atoms with Gasteiger partial charge in [-0.05, 0) is 44.8 Å². The van der Waals surface area contributed by atoms with Crippen molar-refractivity contribution < 1.29 is 0 Å². The first-order valence-corrected chi connectivity index (χ1v) is 9.33. The largest absolute Gasteiger partial charge is 0.307 e. The average molecular weight is 338 g/mol. The van der Waals surface area contributed by atoms with Gasteiger partial charge in [0.15, 0.2) is 0 Å². The van der Waals surface area contributed by atoms with E-state index in [2.05, 4.69) is 95.6 Å². The van der Waals surface area contributed by atoms with Gasteiger partial charge in [-0.25, -0.2) is 0 Å². The number of rotatable bonds is 2. The number of nitrogens with one attached hydrogen (secondary N) is 2. The van der Waals surface area contributed by atoms with Crippen LogP contribution in [0.25, 0.3) is 21.5 Å². The number of fused-ring (bicyclic) bond motifs is 2. The van der Waals surface area contributed by atoms with Crippen LogP contribution in [0.3, 0.4) is 0 Å². The van der Waals surface area contributed by atoms with Crippen molar-refractivity contribution >= 4 is 21.5 Å². The monoisotopic (exact) mass is 338 g/mol. The Morgan fingerprint density at radius 1 is 0.500 bits per heavy atom. The van der Waals surface area contributed by atoms with Crippen molar-refractivity contribution in [2.75, 3.05) is 13.1 Å². The summed E-state index contributed by atoms with van der Waals surface area (Å²) in [5.74, 6) is 0. The van der Waals surface area contributed by atoms with Crippen LogP contribution >= 0.6 is 0 Å². The van der Waals surface area contributed by atoms with Crippen molar-refractivity contribution in [3.8, 4) is 0 Å². The van der Waals surface area contributed by atoms with E-state index in [1.54, 1.807) is 0 Å². The molecule has 1 aliphatic rings. The first-order valence-electron chi connectivity index (χ1n) is 9.33. The fourth-order valence-corrected chi connectivity index (χ4v) is 4.11. The Morgan fingerprint density at radius 2 is 0.923 bits per heavy atom. The van der Waals surface area contributed by atoms with E-state index < -0.39 is 0 Å². The van der Waals surface area contributed by atoms with Crippen molar-refractivity contribution in [3.05, 3.63) is 96.1 Å². The molecule has 0 unspecified atom stereocenters. The molecule has 0 aromatic heterocycles. The molecule has 1 fully saturated rings. The van der Waals surface area contributed by atoms with Crippen LogP contribution in [0, 0.1) is 0 Å². The molecule has 1 heterocycles. The summed E-state index contributed by atoms with van der Waals surface area (Å²) >= 11 is 0. The van der Waals surface area contributed by atoms with Crippen molar-refractivity contribution in [1.29, 1.82) is 0 Å². The second kappa shape index (κ2) is 6.56. The number of benzene rings is 4. The molecule has 2 atom stereocenters. The molecule has 4 aromatic carbocycles. The maximum atomic E-state index is 3.73. The van der Waals surface area contributed by atoms with E-state index in [0.29, 0.717) is 0 Å². The zero-order valence-corrected chi connectivity index (χ0v) is 14.7. The highest BCUT2D eigenvalue weighted by atomic mass is 15.1. The summed E-state index contributed by atoms with van der Waals surface area (Å²) in [6, 6.07) is 31.4. The smallest absolute Gasteiger partial charge is 0.0518 e. The van der Waals surface area contributed by atoms with E-state index in [0.717, 1.165) is 13.1 Å². The molecule has 4 aromatic rings. The third kappa shape index (κ3) is 2.78. The summed E-state index contributed by atoms with van der Waals surface area (Å²) in [5, 5.41) is 12.7. The van der Waals surface area contributed by atoms with Crippen LogP contribution < -0.4 is 10.6 Å². The molecular formula is C24H22N2. The molecule has 2 heteroatoms. The summed E-state index contributed by atoms with van der Waals surface area (Å²) in [6.45, 7) is 1.98. The lowest BCUT2D eigenvalue weighted by Crippen LogP contribution is -2.45. The first kappa shape index (κ1) is 15.6. The van der Waals surface area contributed by atoms with Crippen molar-refractivity contribution in [3.63, 3.8) is 0 Å². The third-order valence-corrected chi connectivity index (χ3v) is 5.45. The van der Waals surface area contributed by atoms with E-state index in [1.165, 1.54) is 32.7 Å². The van der Waals surface area contributed by atoms with Gasteiger partial charge in [0.1, 0.15) is 0 Å². The van der Waals surface area contributed by atoms with Crippen LogP contribution in [0.4, 0.5) is 0 Å². The molecule has 0 radical (unpaired) electrons. The summed E-state index contributed by atoms with van der Waals surface area (Å²) in [7, 11) is 0. The standard InChI is InChI=1S/C24H22N2/c1-3-7-19-15-21(11-9-17(19)5-1)23-24(26-14-13-25-23)22-12-10-18-6-2-4-8-20(18)16-22/h1-12,15-16,23-26H,13-14H2/t23-,24-/m0/s1. The molecule has 5 rings (SSSR count). The van der Waals surface area contributed by atoms with Crippen molar-refractivity contribution in [1.82, 2.24) is 10.6 Å². The van der Waals surface area contributed by atoms with Gasteiger partial charge in [0.2, 0.25) is 0 Å². The second-order valence-electron chi connectivity index (χ2n) is 7.08. The van der Waals surface area contributed by atoms with Crippen LogP contribution in [-0.4, -0.2) is 13.1 Å². The Hall–Kier alpha value is -2.68. The van der Waals surface area contributed by atoms with E-state index in [1.807, 2.05) is 0 Å². The van der Waals surface area contributed by atoms with Gasteiger partial charge in [-0.1, -0.05) is 72.8 Å². The molecule has 0 spiro atoms. The minimum absolute atomic E-state index is 0.273. The summed E-state index contributed by atoms with van der Waals surface area (Å²) in [6.07, 6.45) is 0. The van der Waals surface area contributed by atoms with Gasteiger partial charge in [-0.3, -0.25) is 0 Å². The SMILES string of the molecule is c1ccc2cc([C@@H]3NCCN[C@H]3c3ccc4ccccc4c3)ccc2c1. The molecule has 0 bridgehead atoms. The second-order valence-corrected chi connectivity index (χ2v) is 7.08. The lowest BCUT2D eigenvalue weighted by molar-refractivity contribution is 0.333. The van der Waals surface area contributed by atoms with Crippen LogP contribution in [0.1, 0.15) is 23.2 Å². The van der Waals surface area contributed by atoms with Gasteiger partial charge in [-0.2, -0.15) is 0 Å². The Morgan fingerprint density at radius 3 is 1.38 bits per heavy atom. The Labute approximate surface area is 153 Å². The summed E-state index contributed by atoms with van der Waals surface area (Å²) in [4.78, 5) is 0. The first-order chi connectivity index (χ1) is 12.9.